The van der Waals surface area contributed by atoms with Gasteiger partial charge in [-0.25, -0.2) is 4.98 Å². The van der Waals surface area contributed by atoms with Crippen molar-refractivity contribution >= 4 is 16.3 Å². The van der Waals surface area contributed by atoms with Gasteiger partial charge in [0.1, 0.15) is 0 Å². The van der Waals surface area contributed by atoms with Crippen LogP contribution in [0.2, 0.25) is 0 Å². The second-order valence-electron chi connectivity index (χ2n) is 4.02. The van der Waals surface area contributed by atoms with Gasteiger partial charge in [0.25, 0.3) is 0 Å². The Kier molecular flexibility index (Phi) is 3.93. The maximum Gasteiger partial charge on any atom is 0.193 e. The number of fused-ring (bicyclic) bond motifs is 1. The van der Waals surface area contributed by atoms with E-state index in [0.717, 1.165) is 30.4 Å². The van der Waals surface area contributed by atoms with Crippen LogP contribution in [-0.4, -0.2) is 29.6 Å². The van der Waals surface area contributed by atoms with Crippen LogP contribution in [0.25, 0.3) is 4.96 Å². The van der Waals surface area contributed by atoms with Crippen molar-refractivity contribution in [1.29, 1.82) is 0 Å². The maximum absolute atomic E-state index is 5.08. The Morgan fingerprint density at radius 2 is 2.50 bits per heavy atom. The topological polar surface area (TPSA) is 38.6 Å². The molecule has 5 heteroatoms. The Morgan fingerprint density at radius 3 is 3.25 bits per heavy atom. The Bertz CT molecular complexity index is 409. The first kappa shape index (κ1) is 11.6. The van der Waals surface area contributed by atoms with E-state index in [4.69, 9.17) is 4.74 Å². The number of aromatic nitrogens is 2. The van der Waals surface area contributed by atoms with Crippen LogP contribution in [0.4, 0.5) is 0 Å². The number of imidazole rings is 1. The fourth-order valence-corrected chi connectivity index (χ4v) is 2.37. The zero-order valence-corrected chi connectivity index (χ0v) is 10.5. The molecular weight excluding hydrogens is 222 g/mol. The van der Waals surface area contributed by atoms with Gasteiger partial charge in [-0.1, -0.05) is 6.92 Å². The minimum atomic E-state index is 0.536. The Morgan fingerprint density at radius 1 is 1.62 bits per heavy atom. The zero-order valence-electron chi connectivity index (χ0n) is 9.64. The minimum Gasteiger partial charge on any atom is -0.384 e. The van der Waals surface area contributed by atoms with E-state index in [1.54, 1.807) is 18.4 Å². The lowest BCUT2D eigenvalue weighted by Crippen LogP contribution is -2.23. The zero-order chi connectivity index (χ0) is 11.4. The lowest BCUT2D eigenvalue weighted by molar-refractivity contribution is 0.158. The van der Waals surface area contributed by atoms with Gasteiger partial charge in [-0.15, -0.1) is 11.3 Å². The highest BCUT2D eigenvalue weighted by atomic mass is 32.1. The van der Waals surface area contributed by atoms with Gasteiger partial charge in [-0.2, -0.15) is 0 Å². The van der Waals surface area contributed by atoms with Crippen molar-refractivity contribution in [3.8, 4) is 0 Å². The molecule has 0 radical (unpaired) electrons. The molecule has 2 rings (SSSR count). The molecule has 2 aromatic heterocycles. The first-order valence-corrected chi connectivity index (χ1v) is 6.28. The van der Waals surface area contributed by atoms with Crippen LogP contribution in [0.15, 0.2) is 17.8 Å². The standard InChI is InChI=1S/C11H17N3OS/c1-9(8-15-2)5-12-6-10-7-14-3-4-16-11(14)13-10/h3-4,7,9,12H,5-6,8H2,1-2H3. The van der Waals surface area contributed by atoms with Crippen LogP contribution in [0.3, 0.4) is 0 Å². The van der Waals surface area contributed by atoms with E-state index in [0.29, 0.717) is 5.92 Å². The molecule has 2 aromatic rings. The van der Waals surface area contributed by atoms with Crippen molar-refractivity contribution in [2.24, 2.45) is 5.92 Å². The second kappa shape index (κ2) is 5.43. The quantitative estimate of drug-likeness (QED) is 0.835. The highest BCUT2D eigenvalue weighted by Crippen LogP contribution is 2.11. The largest absolute Gasteiger partial charge is 0.384 e. The molecule has 0 aliphatic rings. The Hall–Kier alpha value is -0.910. The van der Waals surface area contributed by atoms with Crippen LogP contribution >= 0.6 is 11.3 Å². The summed E-state index contributed by atoms with van der Waals surface area (Å²) >= 11 is 1.66. The SMILES string of the molecule is COCC(C)CNCc1cn2ccsc2n1. The van der Waals surface area contributed by atoms with Crippen molar-refractivity contribution in [3.63, 3.8) is 0 Å². The first-order chi connectivity index (χ1) is 7.79. The van der Waals surface area contributed by atoms with Gasteiger partial charge in [-0.05, 0) is 5.92 Å². The number of hydrogen-bond acceptors (Lipinski definition) is 4. The minimum absolute atomic E-state index is 0.536. The van der Waals surface area contributed by atoms with E-state index in [-0.39, 0.29) is 0 Å². The Balaban J connectivity index is 1.80. The van der Waals surface area contributed by atoms with Crippen LogP contribution in [-0.2, 0) is 11.3 Å². The summed E-state index contributed by atoms with van der Waals surface area (Å²) in [6.07, 6.45) is 4.10. The second-order valence-corrected chi connectivity index (χ2v) is 4.89. The maximum atomic E-state index is 5.08. The number of hydrogen-bond donors (Lipinski definition) is 1. The average Bonchev–Trinajstić information content (AvgIpc) is 2.78. The monoisotopic (exact) mass is 239 g/mol. The summed E-state index contributed by atoms with van der Waals surface area (Å²) in [4.78, 5) is 5.56. The lowest BCUT2D eigenvalue weighted by Gasteiger charge is -2.10. The summed E-state index contributed by atoms with van der Waals surface area (Å²) in [6, 6.07) is 0. The number of rotatable bonds is 6. The van der Waals surface area contributed by atoms with Crippen molar-refractivity contribution in [2.45, 2.75) is 13.5 Å². The predicted molar refractivity (Wildman–Crippen MR) is 65.8 cm³/mol. The molecule has 2 heterocycles. The molecule has 0 saturated heterocycles. The van der Waals surface area contributed by atoms with Gasteiger partial charge < -0.3 is 10.1 Å². The highest BCUT2D eigenvalue weighted by Gasteiger charge is 2.04. The molecule has 16 heavy (non-hydrogen) atoms. The first-order valence-electron chi connectivity index (χ1n) is 5.40. The van der Waals surface area contributed by atoms with E-state index >= 15 is 0 Å². The van der Waals surface area contributed by atoms with Gasteiger partial charge in [0.2, 0.25) is 0 Å². The van der Waals surface area contributed by atoms with Crippen LogP contribution < -0.4 is 5.32 Å². The van der Waals surface area contributed by atoms with E-state index in [2.05, 4.69) is 27.8 Å². The molecule has 0 aliphatic carbocycles. The van der Waals surface area contributed by atoms with E-state index in [1.165, 1.54) is 0 Å². The Labute approximate surface area is 99.3 Å². The number of thiazole rings is 1. The molecule has 1 N–H and O–H groups in total. The molecular formula is C11H17N3OS. The highest BCUT2D eigenvalue weighted by molar-refractivity contribution is 7.15. The number of ether oxygens (including phenoxy) is 1. The molecule has 0 fully saturated rings. The third kappa shape index (κ3) is 2.81. The van der Waals surface area contributed by atoms with Crippen LogP contribution in [0, 0.1) is 5.92 Å². The van der Waals surface area contributed by atoms with Crippen molar-refractivity contribution in [1.82, 2.24) is 14.7 Å². The van der Waals surface area contributed by atoms with E-state index < -0.39 is 0 Å². The summed E-state index contributed by atoms with van der Waals surface area (Å²) < 4.78 is 7.14. The molecule has 0 aromatic carbocycles. The van der Waals surface area contributed by atoms with Crippen molar-refractivity contribution in [3.05, 3.63) is 23.5 Å². The summed E-state index contributed by atoms with van der Waals surface area (Å²) in [7, 11) is 1.74. The number of methoxy groups -OCH3 is 1. The van der Waals surface area contributed by atoms with Gasteiger partial charge in [0, 0.05) is 44.6 Å². The predicted octanol–water partition coefficient (Wildman–Crippen LogP) is 1.77. The summed E-state index contributed by atoms with van der Waals surface area (Å²) in [5.74, 6) is 0.536. The summed E-state index contributed by atoms with van der Waals surface area (Å²) in [6.45, 7) is 4.75. The normalized spacial score (nSPS) is 13.4. The molecule has 0 spiro atoms. The lowest BCUT2D eigenvalue weighted by atomic mass is 10.2. The molecule has 88 valence electrons. The number of nitrogens with one attached hydrogen (secondary N) is 1. The van der Waals surface area contributed by atoms with Crippen LogP contribution in [0.5, 0.6) is 0 Å². The molecule has 0 amide bonds. The number of nitrogens with zero attached hydrogens (tertiary/aromatic N) is 2. The summed E-state index contributed by atoms with van der Waals surface area (Å²) in [5, 5.41) is 5.43. The van der Waals surface area contributed by atoms with E-state index in [1.807, 2.05) is 11.6 Å². The molecule has 0 saturated carbocycles. The van der Waals surface area contributed by atoms with Gasteiger partial charge in [-0.3, -0.25) is 4.40 Å². The third-order valence-electron chi connectivity index (χ3n) is 2.39. The molecule has 4 nitrogen and oxygen atoms in total. The summed E-state index contributed by atoms with van der Waals surface area (Å²) in [5.41, 5.74) is 1.09. The van der Waals surface area contributed by atoms with Gasteiger partial charge in [0.05, 0.1) is 5.69 Å². The third-order valence-corrected chi connectivity index (χ3v) is 3.16. The molecule has 0 bridgehead atoms. The molecule has 1 atom stereocenters. The molecule has 0 aliphatic heterocycles. The van der Waals surface area contributed by atoms with Gasteiger partial charge in [0.15, 0.2) is 4.96 Å². The van der Waals surface area contributed by atoms with Gasteiger partial charge >= 0.3 is 0 Å². The van der Waals surface area contributed by atoms with Crippen LogP contribution in [0.1, 0.15) is 12.6 Å². The molecule has 1 unspecified atom stereocenters. The van der Waals surface area contributed by atoms with Crippen molar-refractivity contribution in [2.75, 3.05) is 20.3 Å². The average molecular weight is 239 g/mol. The van der Waals surface area contributed by atoms with Crippen molar-refractivity contribution < 1.29 is 4.74 Å². The van der Waals surface area contributed by atoms with E-state index in [9.17, 15) is 0 Å². The fraction of sp³-hybridized carbons (Fsp3) is 0.545. The fourth-order valence-electron chi connectivity index (χ4n) is 1.65. The smallest absolute Gasteiger partial charge is 0.193 e.